The zero-order valence-electron chi connectivity index (χ0n) is 20.0. The second kappa shape index (κ2) is 11.4. The molecular formula is C28H24F2N2O4S. The fourth-order valence-electron chi connectivity index (χ4n) is 4.50. The zero-order chi connectivity index (χ0) is 26.5. The van der Waals surface area contributed by atoms with E-state index in [0.29, 0.717) is 45.7 Å². The molecule has 1 heterocycles. The second-order valence-corrected chi connectivity index (χ2v) is 9.49. The van der Waals surface area contributed by atoms with Gasteiger partial charge in [0.2, 0.25) is 0 Å². The number of rotatable bonds is 8. The summed E-state index contributed by atoms with van der Waals surface area (Å²) in [4.78, 5) is 26.8. The Morgan fingerprint density at radius 3 is 2.51 bits per heavy atom. The maximum atomic E-state index is 13.8. The van der Waals surface area contributed by atoms with Crippen LogP contribution in [-0.4, -0.2) is 40.2 Å². The number of likely N-dealkylation sites (tertiary alicyclic amines) is 1. The Kier molecular flexibility index (Phi) is 8.09. The number of nitrogens with zero attached hydrogens (tertiary/aromatic N) is 2. The van der Waals surface area contributed by atoms with Gasteiger partial charge in [-0.1, -0.05) is 24.3 Å². The third kappa shape index (κ3) is 5.75. The molecule has 0 spiro atoms. The number of hydrogen-bond donors (Lipinski definition) is 1. The minimum atomic E-state index is -1.08. The number of aliphatic carboxylic acids is 1. The Hall–Kier alpha value is -3.90. The van der Waals surface area contributed by atoms with Gasteiger partial charge in [-0.2, -0.15) is 5.26 Å². The first-order valence-electron chi connectivity index (χ1n) is 11.6. The summed E-state index contributed by atoms with van der Waals surface area (Å²) in [7, 11) is 0. The molecule has 1 aliphatic rings. The van der Waals surface area contributed by atoms with E-state index in [9.17, 15) is 23.5 Å². The molecule has 3 aromatic rings. The van der Waals surface area contributed by atoms with Crippen LogP contribution in [0.15, 0.2) is 65.6 Å². The SMILES string of the molecule is CSc1cc(F)c(F)cc1-c1ccc(OCc2cccc(C(=O)N3C(CC#N)CC[C@H]3C(=O)O)c2)cc1. The van der Waals surface area contributed by atoms with Crippen LogP contribution < -0.4 is 4.74 Å². The number of carbonyl (C=O) groups excluding carboxylic acids is 1. The fraction of sp³-hybridized carbons (Fsp3) is 0.250. The van der Waals surface area contributed by atoms with Crippen molar-refractivity contribution in [2.45, 2.75) is 42.8 Å². The minimum absolute atomic E-state index is 0.0807. The van der Waals surface area contributed by atoms with Gasteiger partial charge >= 0.3 is 5.97 Å². The number of halogens is 2. The van der Waals surface area contributed by atoms with Crippen molar-refractivity contribution in [3.8, 4) is 22.9 Å². The van der Waals surface area contributed by atoms with E-state index in [1.165, 1.54) is 28.8 Å². The summed E-state index contributed by atoms with van der Waals surface area (Å²) in [6, 6.07) is 16.7. The highest BCUT2D eigenvalue weighted by molar-refractivity contribution is 7.98. The molecular weight excluding hydrogens is 498 g/mol. The molecule has 0 bridgehead atoms. The first-order valence-corrected chi connectivity index (χ1v) is 12.8. The highest BCUT2D eigenvalue weighted by atomic mass is 32.2. The summed E-state index contributed by atoms with van der Waals surface area (Å²) in [6.45, 7) is 0.158. The molecule has 37 heavy (non-hydrogen) atoms. The van der Waals surface area contributed by atoms with Gasteiger partial charge in [0, 0.05) is 16.5 Å². The Morgan fingerprint density at radius 1 is 1.11 bits per heavy atom. The summed E-state index contributed by atoms with van der Waals surface area (Å²) < 4.78 is 33.2. The van der Waals surface area contributed by atoms with Crippen molar-refractivity contribution in [1.29, 1.82) is 5.26 Å². The third-order valence-corrected chi connectivity index (χ3v) is 7.11. The van der Waals surface area contributed by atoms with Crippen LogP contribution >= 0.6 is 11.8 Å². The van der Waals surface area contributed by atoms with E-state index in [4.69, 9.17) is 10.00 Å². The lowest BCUT2D eigenvalue weighted by atomic mass is 10.1. The quantitative estimate of drug-likeness (QED) is 0.370. The van der Waals surface area contributed by atoms with Gasteiger partial charge in [0.1, 0.15) is 18.4 Å². The van der Waals surface area contributed by atoms with Crippen molar-refractivity contribution in [2.24, 2.45) is 0 Å². The largest absolute Gasteiger partial charge is 0.489 e. The average molecular weight is 523 g/mol. The Balaban J connectivity index is 1.47. The Morgan fingerprint density at radius 2 is 1.84 bits per heavy atom. The average Bonchev–Trinajstić information content (AvgIpc) is 3.33. The van der Waals surface area contributed by atoms with Crippen molar-refractivity contribution in [3.05, 3.63) is 83.4 Å². The number of carboxylic acids is 1. The standard InChI is InChI=1S/C28H24F2N2O4S/c1-37-26-15-24(30)23(29)14-22(26)18-5-8-21(9-6-18)36-16-17-3-2-4-19(13-17)27(33)32-20(11-12-31)7-10-25(32)28(34)35/h2-6,8-9,13-15,20,25H,7,10-11,16H2,1H3,(H,34,35)/t20?,25-/m0/s1. The normalized spacial score (nSPS) is 16.9. The van der Waals surface area contributed by atoms with Crippen LogP contribution in [0.2, 0.25) is 0 Å². The summed E-state index contributed by atoms with van der Waals surface area (Å²) in [5.74, 6) is -2.76. The first-order chi connectivity index (χ1) is 17.8. The molecule has 9 heteroatoms. The topological polar surface area (TPSA) is 90.6 Å². The van der Waals surface area contributed by atoms with Gasteiger partial charge in [0.15, 0.2) is 11.6 Å². The van der Waals surface area contributed by atoms with Gasteiger partial charge in [0.25, 0.3) is 5.91 Å². The molecule has 6 nitrogen and oxygen atoms in total. The minimum Gasteiger partial charge on any atom is -0.489 e. The molecule has 0 radical (unpaired) electrons. The van der Waals surface area contributed by atoms with E-state index in [0.717, 1.165) is 0 Å². The molecule has 1 fully saturated rings. The molecule has 190 valence electrons. The van der Waals surface area contributed by atoms with Crippen molar-refractivity contribution in [2.75, 3.05) is 6.26 Å². The number of nitriles is 1. The van der Waals surface area contributed by atoms with Crippen LogP contribution in [0.5, 0.6) is 5.75 Å². The number of amides is 1. The van der Waals surface area contributed by atoms with Crippen LogP contribution in [0.3, 0.4) is 0 Å². The molecule has 0 aromatic heterocycles. The van der Waals surface area contributed by atoms with Gasteiger partial charge in [-0.15, -0.1) is 11.8 Å². The van der Waals surface area contributed by atoms with Gasteiger partial charge in [0.05, 0.1) is 12.5 Å². The first kappa shape index (κ1) is 26.2. The Bertz CT molecular complexity index is 1360. The summed E-state index contributed by atoms with van der Waals surface area (Å²) in [5.41, 5.74) is 2.34. The van der Waals surface area contributed by atoms with E-state index in [2.05, 4.69) is 0 Å². The lowest BCUT2D eigenvalue weighted by Gasteiger charge is -2.27. The van der Waals surface area contributed by atoms with Gasteiger partial charge in [-0.3, -0.25) is 4.79 Å². The predicted octanol–water partition coefficient (Wildman–Crippen LogP) is 5.90. The maximum absolute atomic E-state index is 13.8. The van der Waals surface area contributed by atoms with Crippen LogP contribution in [0.25, 0.3) is 11.1 Å². The zero-order valence-corrected chi connectivity index (χ0v) is 20.8. The molecule has 4 rings (SSSR count). The predicted molar refractivity (Wildman–Crippen MR) is 135 cm³/mol. The summed E-state index contributed by atoms with van der Waals surface area (Å²) in [6.07, 6.45) is 2.66. The molecule has 1 saturated heterocycles. The lowest BCUT2D eigenvalue weighted by molar-refractivity contribution is -0.141. The molecule has 1 amide bonds. The van der Waals surface area contributed by atoms with Crippen molar-refractivity contribution in [1.82, 2.24) is 4.90 Å². The molecule has 2 atom stereocenters. The van der Waals surface area contributed by atoms with E-state index < -0.39 is 35.6 Å². The maximum Gasteiger partial charge on any atom is 0.326 e. The molecule has 1 N–H and O–H groups in total. The van der Waals surface area contributed by atoms with Gasteiger partial charge in [-0.05, 0) is 72.2 Å². The van der Waals surface area contributed by atoms with E-state index in [1.54, 1.807) is 54.8 Å². The van der Waals surface area contributed by atoms with E-state index >= 15 is 0 Å². The van der Waals surface area contributed by atoms with Crippen LogP contribution in [0.4, 0.5) is 8.78 Å². The summed E-state index contributed by atoms with van der Waals surface area (Å²) >= 11 is 1.32. The smallest absolute Gasteiger partial charge is 0.326 e. The summed E-state index contributed by atoms with van der Waals surface area (Å²) in [5, 5.41) is 18.6. The third-order valence-electron chi connectivity index (χ3n) is 6.34. The number of carbonyl (C=O) groups is 2. The highest BCUT2D eigenvalue weighted by Crippen LogP contribution is 2.33. The molecule has 0 aliphatic carbocycles. The van der Waals surface area contributed by atoms with Crippen LogP contribution in [0, 0.1) is 23.0 Å². The number of benzene rings is 3. The van der Waals surface area contributed by atoms with Gasteiger partial charge < -0.3 is 14.7 Å². The number of hydrogen-bond acceptors (Lipinski definition) is 5. The van der Waals surface area contributed by atoms with E-state index in [1.807, 2.05) is 6.07 Å². The lowest BCUT2D eigenvalue weighted by Crippen LogP contribution is -2.44. The van der Waals surface area contributed by atoms with E-state index in [-0.39, 0.29) is 13.0 Å². The monoisotopic (exact) mass is 522 g/mol. The van der Waals surface area contributed by atoms with Crippen molar-refractivity contribution >= 4 is 23.6 Å². The molecule has 3 aromatic carbocycles. The highest BCUT2D eigenvalue weighted by Gasteiger charge is 2.41. The fourth-order valence-corrected chi connectivity index (χ4v) is 5.12. The van der Waals surface area contributed by atoms with Gasteiger partial charge in [-0.25, -0.2) is 13.6 Å². The number of thioether (sulfide) groups is 1. The second-order valence-electron chi connectivity index (χ2n) is 8.64. The van der Waals surface area contributed by atoms with Crippen molar-refractivity contribution in [3.63, 3.8) is 0 Å². The molecule has 1 aliphatic heterocycles. The Labute approximate surface area is 217 Å². The van der Waals surface area contributed by atoms with Crippen LogP contribution in [0.1, 0.15) is 35.2 Å². The van der Waals surface area contributed by atoms with Crippen LogP contribution in [-0.2, 0) is 11.4 Å². The number of ether oxygens (including phenoxy) is 1. The van der Waals surface area contributed by atoms with Crippen molar-refractivity contribution < 1.29 is 28.2 Å². The number of carboxylic acid groups (broad SMARTS) is 1. The molecule has 0 saturated carbocycles. The molecule has 1 unspecified atom stereocenters.